The van der Waals surface area contributed by atoms with Crippen LogP contribution in [0.3, 0.4) is 0 Å². The van der Waals surface area contributed by atoms with Gasteiger partial charge in [0.25, 0.3) is 5.91 Å². The first-order chi connectivity index (χ1) is 19.7. The van der Waals surface area contributed by atoms with Gasteiger partial charge in [-0.15, -0.1) is 0 Å². The summed E-state index contributed by atoms with van der Waals surface area (Å²) in [4.78, 5) is 28.0. The number of aliphatic hydroxyl groups is 1. The van der Waals surface area contributed by atoms with Crippen molar-refractivity contribution in [3.05, 3.63) is 72.6 Å². The number of fused-ring (bicyclic) bond motifs is 1. The van der Waals surface area contributed by atoms with Crippen molar-refractivity contribution in [2.24, 2.45) is 0 Å². The monoisotopic (exact) mass is 543 g/mol. The number of nitrogens with one attached hydrogen (secondary N) is 1. The lowest BCUT2D eigenvalue weighted by Crippen LogP contribution is -2.33. The quantitative estimate of drug-likeness (QED) is 0.193. The minimum atomic E-state index is -0.478. The molecule has 1 amide bonds. The van der Waals surface area contributed by atoms with Gasteiger partial charge in [0.2, 0.25) is 0 Å². The third-order valence-corrected chi connectivity index (χ3v) is 6.76. The molecule has 2 aromatic carbocycles. The van der Waals surface area contributed by atoms with E-state index in [0.29, 0.717) is 47.5 Å². The Morgan fingerprint density at radius 3 is 2.48 bits per heavy atom. The molecule has 9 nitrogen and oxygen atoms in total. The Balaban J connectivity index is 1.40. The molecule has 0 aliphatic carbocycles. The minimum Gasteiger partial charge on any atom is -0.494 e. The molecule has 0 saturated carbocycles. The molecule has 0 radical (unpaired) electrons. The molecule has 1 saturated heterocycles. The van der Waals surface area contributed by atoms with E-state index in [1.165, 1.54) is 7.11 Å². The average molecular weight is 544 g/mol. The van der Waals surface area contributed by atoms with Crippen LogP contribution in [0.1, 0.15) is 42.5 Å². The summed E-state index contributed by atoms with van der Waals surface area (Å²) in [6, 6.07) is 17.6. The van der Waals surface area contributed by atoms with Crippen LogP contribution in [0.25, 0.3) is 33.3 Å². The minimum absolute atomic E-state index is 0.175. The van der Waals surface area contributed by atoms with Gasteiger partial charge in [-0.3, -0.25) is 9.78 Å². The molecular formula is C31H33N3O6. The summed E-state index contributed by atoms with van der Waals surface area (Å²) in [5.74, 6) is 0.673. The maximum absolute atomic E-state index is 13.4. The number of unbranched alkanes of at least 4 members (excludes halogenated alkanes) is 1. The second-order valence-electron chi connectivity index (χ2n) is 9.49. The largest absolute Gasteiger partial charge is 0.494 e. The van der Waals surface area contributed by atoms with Crippen molar-refractivity contribution in [1.82, 2.24) is 15.4 Å². The molecule has 1 fully saturated rings. The summed E-state index contributed by atoms with van der Waals surface area (Å²) in [6.45, 7) is 1.36. The van der Waals surface area contributed by atoms with Gasteiger partial charge in [-0.1, -0.05) is 36.4 Å². The number of hydrogen-bond donors (Lipinski definition) is 2. The zero-order valence-electron chi connectivity index (χ0n) is 22.5. The first-order valence-electron chi connectivity index (χ1n) is 13.5. The number of amides is 1. The van der Waals surface area contributed by atoms with E-state index in [4.69, 9.17) is 29.1 Å². The number of carbonyl (C=O) groups is 1. The van der Waals surface area contributed by atoms with Gasteiger partial charge < -0.3 is 19.3 Å². The number of pyridine rings is 2. The molecule has 2 N–H and O–H groups in total. The van der Waals surface area contributed by atoms with Crippen LogP contribution < -0.4 is 15.0 Å². The van der Waals surface area contributed by atoms with Gasteiger partial charge in [-0.05, 0) is 55.0 Å². The molecule has 4 aromatic rings. The lowest BCUT2D eigenvalue weighted by molar-refractivity contribution is -0.186. The predicted molar refractivity (Wildman–Crippen MR) is 151 cm³/mol. The summed E-state index contributed by atoms with van der Waals surface area (Å²) in [5, 5.41) is 9.46. The Hall–Kier alpha value is -4.05. The van der Waals surface area contributed by atoms with E-state index in [-0.39, 0.29) is 6.61 Å². The maximum Gasteiger partial charge on any atom is 0.279 e. The number of hydrogen-bond acceptors (Lipinski definition) is 8. The van der Waals surface area contributed by atoms with E-state index in [0.717, 1.165) is 48.1 Å². The number of benzene rings is 2. The highest BCUT2D eigenvalue weighted by atomic mass is 16.8. The SMILES string of the molecule is COc1c(-c2ccc(-c3ccc(OCCCCO)cc3)cc2)nc2ccncc2c1C(=O)NOC1CCCCO1. The number of ether oxygens (including phenoxy) is 3. The predicted octanol–water partition coefficient (Wildman–Crippen LogP) is 5.31. The van der Waals surface area contributed by atoms with Gasteiger partial charge in [0, 0.05) is 43.0 Å². The van der Waals surface area contributed by atoms with E-state index in [1.807, 2.05) is 48.5 Å². The van der Waals surface area contributed by atoms with Crippen LogP contribution in [-0.2, 0) is 9.57 Å². The highest BCUT2D eigenvalue weighted by molar-refractivity contribution is 6.09. The summed E-state index contributed by atoms with van der Waals surface area (Å²) in [7, 11) is 1.52. The summed E-state index contributed by atoms with van der Waals surface area (Å²) < 4.78 is 17.1. The topological polar surface area (TPSA) is 112 Å². The highest BCUT2D eigenvalue weighted by Gasteiger charge is 2.24. The van der Waals surface area contributed by atoms with Gasteiger partial charge in [-0.25, -0.2) is 15.3 Å². The Bertz CT molecular complexity index is 1420. The van der Waals surface area contributed by atoms with Crippen LogP contribution in [0.2, 0.25) is 0 Å². The third kappa shape index (κ3) is 6.39. The number of aliphatic hydroxyl groups excluding tert-OH is 1. The average Bonchev–Trinajstić information content (AvgIpc) is 3.02. The fourth-order valence-electron chi connectivity index (χ4n) is 4.65. The molecule has 1 unspecified atom stereocenters. The number of nitrogens with zero attached hydrogens (tertiary/aromatic N) is 2. The first kappa shape index (κ1) is 27.5. The molecule has 208 valence electrons. The van der Waals surface area contributed by atoms with E-state index >= 15 is 0 Å². The maximum atomic E-state index is 13.4. The van der Waals surface area contributed by atoms with Crippen LogP contribution in [0, 0.1) is 0 Å². The molecule has 40 heavy (non-hydrogen) atoms. The van der Waals surface area contributed by atoms with E-state index < -0.39 is 12.2 Å². The van der Waals surface area contributed by atoms with Crippen molar-refractivity contribution in [2.75, 3.05) is 26.9 Å². The molecule has 1 atom stereocenters. The second-order valence-corrected chi connectivity index (χ2v) is 9.49. The zero-order valence-corrected chi connectivity index (χ0v) is 22.5. The number of aromatic nitrogens is 2. The Morgan fingerprint density at radius 1 is 1.02 bits per heavy atom. The van der Waals surface area contributed by atoms with Crippen LogP contribution in [0.15, 0.2) is 67.0 Å². The number of methoxy groups -OCH3 is 1. The number of carbonyl (C=O) groups excluding carboxylic acids is 1. The van der Waals surface area contributed by atoms with Crippen LogP contribution in [0.4, 0.5) is 0 Å². The molecule has 1 aliphatic rings. The fraction of sp³-hybridized carbons (Fsp3) is 0.323. The van der Waals surface area contributed by atoms with Crippen LogP contribution in [-0.4, -0.2) is 54.2 Å². The number of hydroxylamine groups is 1. The van der Waals surface area contributed by atoms with Crippen LogP contribution >= 0.6 is 0 Å². The first-order valence-corrected chi connectivity index (χ1v) is 13.5. The van der Waals surface area contributed by atoms with Gasteiger partial charge >= 0.3 is 0 Å². The standard InChI is InChI=1S/C31H33N3O6/c1-37-30-28(31(36)34-40-27-6-2-4-19-39-27)25-20-32-16-15-26(25)33-29(30)23-9-7-21(8-10-23)22-11-13-24(14-12-22)38-18-5-3-17-35/h7-16,20,27,35H,2-6,17-19H2,1H3,(H,34,36). The summed E-state index contributed by atoms with van der Waals surface area (Å²) >= 11 is 0. The molecule has 1 aliphatic heterocycles. The van der Waals surface area contributed by atoms with E-state index in [2.05, 4.69) is 10.5 Å². The molecule has 0 bridgehead atoms. The van der Waals surface area contributed by atoms with Gasteiger partial charge in [-0.2, -0.15) is 0 Å². The normalized spacial score (nSPS) is 15.1. The van der Waals surface area contributed by atoms with E-state index in [9.17, 15) is 4.79 Å². The van der Waals surface area contributed by atoms with Crippen molar-refractivity contribution in [2.45, 2.75) is 38.4 Å². The van der Waals surface area contributed by atoms with E-state index in [1.54, 1.807) is 18.5 Å². The molecular weight excluding hydrogens is 510 g/mol. The van der Waals surface area contributed by atoms with Crippen molar-refractivity contribution < 1.29 is 28.9 Å². The fourth-order valence-corrected chi connectivity index (χ4v) is 4.65. The van der Waals surface area contributed by atoms with Crippen LogP contribution in [0.5, 0.6) is 11.5 Å². The van der Waals surface area contributed by atoms with Gasteiger partial charge in [0.1, 0.15) is 11.4 Å². The zero-order chi connectivity index (χ0) is 27.7. The Kier molecular flexibility index (Phi) is 9.18. The molecule has 0 spiro atoms. The van der Waals surface area contributed by atoms with Crippen molar-refractivity contribution in [3.8, 4) is 33.9 Å². The Labute approximate surface area is 233 Å². The van der Waals surface area contributed by atoms with Crippen molar-refractivity contribution in [1.29, 1.82) is 0 Å². The lowest BCUT2D eigenvalue weighted by atomic mass is 10.00. The number of rotatable bonds is 11. The smallest absolute Gasteiger partial charge is 0.279 e. The summed E-state index contributed by atoms with van der Waals surface area (Å²) in [6.07, 6.45) is 6.99. The summed E-state index contributed by atoms with van der Waals surface area (Å²) in [5.41, 5.74) is 6.87. The molecule has 3 heterocycles. The van der Waals surface area contributed by atoms with Gasteiger partial charge in [0.15, 0.2) is 12.0 Å². The Morgan fingerprint density at radius 2 is 1.77 bits per heavy atom. The molecule has 9 heteroatoms. The lowest BCUT2D eigenvalue weighted by Gasteiger charge is -2.22. The molecule has 5 rings (SSSR count). The highest BCUT2D eigenvalue weighted by Crippen LogP contribution is 2.37. The van der Waals surface area contributed by atoms with Crippen molar-refractivity contribution >= 4 is 16.8 Å². The molecule has 2 aromatic heterocycles. The van der Waals surface area contributed by atoms with Crippen molar-refractivity contribution in [3.63, 3.8) is 0 Å². The van der Waals surface area contributed by atoms with Gasteiger partial charge in [0.05, 0.1) is 24.8 Å². The second kappa shape index (κ2) is 13.3. The third-order valence-electron chi connectivity index (χ3n) is 6.76.